The molecule has 6 nitrogen and oxygen atoms in total. The zero-order valence-corrected chi connectivity index (χ0v) is 15.5. The average molecular weight is 407 g/mol. The first-order valence-electron chi connectivity index (χ1n) is 8.08. The van der Waals surface area contributed by atoms with Crippen LogP contribution >= 0.6 is 11.8 Å². The van der Waals surface area contributed by atoms with Crippen molar-refractivity contribution in [1.82, 2.24) is 15.0 Å². The molecule has 0 atom stereocenters. The first-order valence-corrected chi connectivity index (χ1v) is 9.31. The standard InChI is InChI=1S/C18H16F3N5OS/c1-28-14-7-3-6-13(9-14)23-17(27)15-16(22)26(25-24-15)10-11-4-2-5-12(8-11)18(19,20)21/h2-9H,10,22H2,1H3,(H,23,27). The minimum absolute atomic E-state index is 0.0315. The van der Waals surface area contributed by atoms with Crippen LogP contribution in [0.1, 0.15) is 21.6 Å². The summed E-state index contributed by atoms with van der Waals surface area (Å²) in [6.07, 6.45) is -2.53. The zero-order chi connectivity index (χ0) is 20.3. The third kappa shape index (κ3) is 4.45. The van der Waals surface area contributed by atoms with Gasteiger partial charge in [-0.05, 0) is 42.2 Å². The Morgan fingerprint density at radius 1 is 1.21 bits per heavy atom. The van der Waals surface area contributed by atoms with Gasteiger partial charge in [0.2, 0.25) is 0 Å². The van der Waals surface area contributed by atoms with E-state index < -0.39 is 17.6 Å². The number of aromatic nitrogens is 3. The van der Waals surface area contributed by atoms with Crippen molar-refractivity contribution < 1.29 is 18.0 Å². The van der Waals surface area contributed by atoms with Gasteiger partial charge in [-0.25, -0.2) is 4.68 Å². The number of amides is 1. The van der Waals surface area contributed by atoms with Crippen LogP contribution in [0.5, 0.6) is 0 Å². The number of hydrogen-bond donors (Lipinski definition) is 2. The van der Waals surface area contributed by atoms with E-state index in [-0.39, 0.29) is 18.1 Å². The van der Waals surface area contributed by atoms with Crippen LogP contribution in [0.15, 0.2) is 53.4 Å². The molecule has 0 aliphatic heterocycles. The fraction of sp³-hybridized carbons (Fsp3) is 0.167. The number of thioether (sulfide) groups is 1. The third-order valence-corrected chi connectivity index (χ3v) is 4.63. The molecule has 0 saturated carbocycles. The zero-order valence-electron chi connectivity index (χ0n) is 14.7. The lowest BCUT2D eigenvalue weighted by Crippen LogP contribution is -2.15. The predicted molar refractivity (Wildman–Crippen MR) is 101 cm³/mol. The highest BCUT2D eigenvalue weighted by Gasteiger charge is 2.30. The van der Waals surface area contributed by atoms with Crippen molar-refractivity contribution in [3.63, 3.8) is 0 Å². The highest BCUT2D eigenvalue weighted by Crippen LogP contribution is 2.29. The molecule has 0 spiro atoms. The lowest BCUT2D eigenvalue weighted by atomic mass is 10.1. The first kappa shape index (κ1) is 19.7. The van der Waals surface area contributed by atoms with Crippen LogP contribution in [0.4, 0.5) is 24.7 Å². The number of halogens is 3. The number of rotatable bonds is 5. The van der Waals surface area contributed by atoms with Gasteiger partial charge in [-0.15, -0.1) is 16.9 Å². The smallest absolute Gasteiger partial charge is 0.382 e. The molecule has 0 bridgehead atoms. The molecule has 0 unspecified atom stereocenters. The van der Waals surface area contributed by atoms with E-state index in [0.717, 1.165) is 17.0 Å². The highest BCUT2D eigenvalue weighted by molar-refractivity contribution is 7.98. The van der Waals surface area contributed by atoms with E-state index in [1.54, 1.807) is 18.2 Å². The normalized spacial score (nSPS) is 11.4. The monoisotopic (exact) mass is 407 g/mol. The van der Waals surface area contributed by atoms with Crippen molar-refractivity contribution in [2.75, 3.05) is 17.3 Å². The Bertz CT molecular complexity index is 1000. The van der Waals surface area contributed by atoms with Crippen LogP contribution in [0.25, 0.3) is 0 Å². The van der Waals surface area contributed by atoms with E-state index in [9.17, 15) is 18.0 Å². The summed E-state index contributed by atoms with van der Waals surface area (Å²) in [4.78, 5) is 13.4. The van der Waals surface area contributed by atoms with Gasteiger partial charge in [0.25, 0.3) is 5.91 Å². The van der Waals surface area contributed by atoms with Crippen LogP contribution in [0.3, 0.4) is 0 Å². The van der Waals surface area contributed by atoms with Gasteiger partial charge in [0.1, 0.15) is 0 Å². The Morgan fingerprint density at radius 3 is 2.68 bits per heavy atom. The molecule has 0 radical (unpaired) electrons. The largest absolute Gasteiger partial charge is 0.416 e. The van der Waals surface area contributed by atoms with Crippen LogP contribution < -0.4 is 11.1 Å². The minimum atomic E-state index is -4.44. The fourth-order valence-corrected chi connectivity index (χ4v) is 2.97. The van der Waals surface area contributed by atoms with Crippen LogP contribution in [-0.2, 0) is 12.7 Å². The minimum Gasteiger partial charge on any atom is -0.382 e. The summed E-state index contributed by atoms with van der Waals surface area (Å²) in [7, 11) is 0. The Labute approximate surface area is 162 Å². The molecule has 0 saturated heterocycles. The molecule has 2 aromatic carbocycles. The fourth-order valence-electron chi connectivity index (χ4n) is 2.51. The molecule has 3 rings (SSSR count). The quantitative estimate of drug-likeness (QED) is 0.627. The maximum atomic E-state index is 12.8. The first-order chi connectivity index (χ1) is 13.3. The lowest BCUT2D eigenvalue weighted by molar-refractivity contribution is -0.137. The Kier molecular flexibility index (Phi) is 5.59. The number of carbonyl (C=O) groups is 1. The molecular weight excluding hydrogens is 391 g/mol. The third-order valence-electron chi connectivity index (χ3n) is 3.90. The van der Waals surface area contributed by atoms with Gasteiger partial charge in [0.05, 0.1) is 12.1 Å². The highest BCUT2D eigenvalue weighted by atomic mass is 32.2. The number of benzene rings is 2. The van der Waals surface area contributed by atoms with Gasteiger partial charge in [-0.1, -0.05) is 23.4 Å². The summed E-state index contributed by atoms with van der Waals surface area (Å²) in [5, 5.41) is 10.2. The molecule has 28 heavy (non-hydrogen) atoms. The van der Waals surface area contributed by atoms with Crippen molar-refractivity contribution in [3.05, 3.63) is 65.4 Å². The second-order valence-electron chi connectivity index (χ2n) is 5.87. The molecule has 1 aromatic heterocycles. The topological polar surface area (TPSA) is 85.8 Å². The number of anilines is 2. The molecular formula is C18H16F3N5OS. The number of nitrogens with one attached hydrogen (secondary N) is 1. The van der Waals surface area contributed by atoms with Gasteiger partial charge in [-0.3, -0.25) is 4.79 Å². The van der Waals surface area contributed by atoms with Crippen LogP contribution in [0.2, 0.25) is 0 Å². The molecule has 0 aliphatic carbocycles. The van der Waals surface area contributed by atoms with Crippen molar-refractivity contribution in [2.45, 2.75) is 17.6 Å². The summed E-state index contributed by atoms with van der Waals surface area (Å²) in [6.45, 7) is -0.0437. The van der Waals surface area contributed by atoms with E-state index >= 15 is 0 Å². The van der Waals surface area contributed by atoms with Crippen LogP contribution in [-0.4, -0.2) is 27.2 Å². The van der Waals surface area contributed by atoms with Gasteiger partial charge < -0.3 is 11.1 Å². The number of hydrogen-bond acceptors (Lipinski definition) is 5. The summed E-state index contributed by atoms with van der Waals surface area (Å²) >= 11 is 1.53. The SMILES string of the molecule is CSc1cccc(NC(=O)c2nnn(Cc3cccc(C(F)(F)F)c3)c2N)c1. The summed E-state index contributed by atoms with van der Waals surface area (Å²) < 4.78 is 39.7. The second kappa shape index (κ2) is 7.93. The van der Waals surface area contributed by atoms with E-state index in [1.807, 2.05) is 12.3 Å². The van der Waals surface area contributed by atoms with Crippen molar-refractivity contribution in [3.8, 4) is 0 Å². The molecule has 1 amide bonds. The Hall–Kier alpha value is -3.01. The molecule has 0 fully saturated rings. The van der Waals surface area contributed by atoms with Gasteiger partial charge in [-0.2, -0.15) is 13.2 Å². The number of nitrogens with zero attached hydrogens (tertiary/aromatic N) is 3. The van der Waals surface area contributed by atoms with E-state index in [4.69, 9.17) is 5.73 Å². The van der Waals surface area contributed by atoms with Crippen molar-refractivity contribution in [2.24, 2.45) is 0 Å². The molecule has 10 heteroatoms. The number of nitrogen functional groups attached to an aromatic ring is 1. The van der Waals surface area contributed by atoms with E-state index in [1.165, 1.54) is 28.6 Å². The van der Waals surface area contributed by atoms with E-state index in [2.05, 4.69) is 15.6 Å². The van der Waals surface area contributed by atoms with Gasteiger partial charge >= 0.3 is 6.18 Å². The Balaban J connectivity index is 1.77. The van der Waals surface area contributed by atoms with Gasteiger partial charge in [0, 0.05) is 10.6 Å². The number of alkyl halides is 3. The maximum absolute atomic E-state index is 12.8. The van der Waals surface area contributed by atoms with Crippen LogP contribution in [0, 0.1) is 0 Å². The lowest BCUT2D eigenvalue weighted by Gasteiger charge is -2.09. The van der Waals surface area contributed by atoms with Crippen molar-refractivity contribution in [1.29, 1.82) is 0 Å². The maximum Gasteiger partial charge on any atom is 0.416 e. The summed E-state index contributed by atoms with van der Waals surface area (Å²) in [5.74, 6) is -0.582. The molecule has 3 aromatic rings. The van der Waals surface area contributed by atoms with E-state index in [0.29, 0.717) is 11.3 Å². The number of nitrogens with two attached hydrogens (primary N) is 1. The molecule has 0 aliphatic rings. The second-order valence-corrected chi connectivity index (χ2v) is 6.74. The predicted octanol–water partition coefficient (Wildman–Crippen LogP) is 3.90. The van der Waals surface area contributed by atoms with Gasteiger partial charge in [0.15, 0.2) is 11.5 Å². The summed E-state index contributed by atoms with van der Waals surface area (Å²) in [5.41, 5.74) is 5.98. The summed E-state index contributed by atoms with van der Waals surface area (Å²) in [6, 6.07) is 12.0. The van der Waals surface area contributed by atoms with Crippen molar-refractivity contribution >= 4 is 29.2 Å². The molecule has 3 N–H and O–H groups in total. The molecule has 1 heterocycles. The average Bonchev–Trinajstić information content (AvgIpc) is 3.02. The Morgan fingerprint density at radius 2 is 1.96 bits per heavy atom. The molecule has 146 valence electrons. The number of carbonyl (C=O) groups excluding carboxylic acids is 1.